The highest BCUT2D eigenvalue weighted by Gasteiger charge is 1.79. The maximum absolute atomic E-state index is 7.94. The summed E-state index contributed by atoms with van der Waals surface area (Å²) in [5.74, 6) is 0. The van der Waals surface area contributed by atoms with E-state index in [2.05, 4.69) is 4.99 Å². The normalized spacial score (nSPS) is 11.1. The first-order valence-corrected chi connectivity index (χ1v) is 4.01. The minimum Gasteiger partial charge on any atom is -0.178 e. The first-order valence-electron chi connectivity index (χ1n) is 1.78. The first-order chi connectivity index (χ1) is 3.31. The summed E-state index contributed by atoms with van der Waals surface area (Å²) in [7, 11) is 0.890. The molecule has 0 unspecified atom stereocenters. The van der Waals surface area contributed by atoms with Crippen LogP contribution in [-0.4, -0.2) is 21.2 Å². The van der Waals surface area contributed by atoms with Gasteiger partial charge in [-0.3, -0.25) is 0 Å². The number of aliphatic imine (C=N–C) groups is 1. The Morgan fingerprint density at radius 3 is 2.71 bits per heavy atom. The summed E-state index contributed by atoms with van der Waals surface area (Å²) < 4.78 is 0.947. The summed E-state index contributed by atoms with van der Waals surface area (Å²) in [6, 6.07) is 0. The molecular formula is C3H6N2SSi. The van der Waals surface area contributed by atoms with Crippen LogP contribution < -0.4 is 0 Å². The van der Waals surface area contributed by atoms with Gasteiger partial charge in [0.05, 0.1) is 14.9 Å². The number of hydrogen-bond donors (Lipinski definition) is 0. The number of hydrogen-bond acceptors (Lipinski definition) is 3. The van der Waals surface area contributed by atoms with Crippen LogP contribution in [-0.2, 0) is 0 Å². The Kier molecular flexibility index (Phi) is 3.75. The highest BCUT2D eigenvalue weighted by atomic mass is 32.2. The van der Waals surface area contributed by atoms with Gasteiger partial charge < -0.3 is 0 Å². The van der Waals surface area contributed by atoms with E-state index in [4.69, 9.17) is 5.26 Å². The van der Waals surface area contributed by atoms with E-state index < -0.39 is 0 Å². The summed E-state index contributed by atoms with van der Waals surface area (Å²) in [5.41, 5.74) is 0. The molecule has 0 rings (SSSR count). The van der Waals surface area contributed by atoms with Crippen LogP contribution in [0.15, 0.2) is 4.99 Å². The second-order valence-electron chi connectivity index (χ2n) is 0.935. The molecule has 0 saturated carbocycles. The quantitative estimate of drug-likeness (QED) is 0.193. The van der Waals surface area contributed by atoms with Crippen molar-refractivity contribution in [3.63, 3.8) is 0 Å². The molecule has 0 fully saturated rings. The van der Waals surface area contributed by atoms with E-state index in [0.29, 0.717) is 0 Å². The average molecular weight is 130 g/mol. The SMILES string of the molecule is CSC([SiH3])=NC#N. The second-order valence-corrected chi connectivity index (χ2v) is 3.61. The Bertz CT molecular complexity index is 115. The molecule has 0 aromatic heterocycles. The maximum Gasteiger partial charge on any atom is 0.205 e. The van der Waals surface area contributed by atoms with Crippen LogP contribution >= 0.6 is 11.8 Å². The summed E-state index contributed by atoms with van der Waals surface area (Å²) >= 11 is 1.54. The molecule has 0 amide bonds. The molecule has 38 valence electrons. The average Bonchev–Trinajstić information content (AvgIpc) is 1.68. The fourth-order valence-corrected chi connectivity index (χ4v) is 0.348. The Labute approximate surface area is 50.1 Å². The van der Waals surface area contributed by atoms with Crippen LogP contribution in [0.1, 0.15) is 0 Å². The zero-order chi connectivity index (χ0) is 5.70. The first kappa shape index (κ1) is 6.73. The van der Waals surface area contributed by atoms with Crippen LogP contribution in [0, 0.1) is 11.5 Å². The molecule has 0 aromatic rings. The van der Waals surface area contributed by atoms with Crippen LogP contribution in [0.5, 0.6) is 0 Å². The Hall–Kier alpha value is -0.273. The Balaban J connectivity index is 3.56. The van der Waals surface area contributed by atoms with Crippen LogP contribution in [0.25, 0.3) is 0 Å². The molecule has 0 aromatic carbocycles. The molecule has 2 nitrogen and oxygen atoms in total. The van der Waals surface area contributed by atoms with E-state index >= 15 is 0 Å². The molecule has 0 spiro atoms. The molecular weight excluding hydrogens is 124 g/mol. The minimum atomic E-state index is 0.890. The van der Waals surface area contributed by atoms with Crippen molar-refractivity contribution >= 4 is 26.7 Å². The van der Waals surface area contributed by atoms with Gasteiger partial charge in [0.1, 0.15) is 0 Å². The summed E-state index contributed by atoms with van der Waals surface area (Å²) in [4.78, 5) is 3.49. The molecule has 0 saturated heterocycles. The van der Waals surface area contributed by atoms with Gasteiger partial charge in [0.15, 0.2) is 0 Å². The van der Waals surface area contributed by atoms with Gasteiger partial charge in [-0.05, 0) is 6.26 Å². The van der Waals surface area contributed by atoms with Gasteiger partial charge in [0, 0.05) is 0 Å². The topological polar surface area (TPSA) is 36.1 Å². The van der Waals surface area contributed by atoms with Gasteiger partial charge >= 0.3 is 0 Å². The number of nitrogens with zero attached hydrogens (tertiary/aromatic N) is 2. The molecule has 0 aliphatic carbocycles. The third-order valence-corrected chi connectivity index (χ3v) is 2.63. The number of thioether (sulfide) groups is 1. The monoisotopic (exact) mass is 130 g/mol. The predicted octanol–water partition coefficient (Wildman–Crippen LogP) is -0.448. The molecule has 0 N–H and O–H groups in total. The van der Waals surface area contributed by atoms with E-state index in [0.717, 1.165) is 14.9 Å². The van der Waals surface area contributed by atoms with E-state index in [1.54, 1.807) is 6.19 Å². The standard InChI is InChI=1S/C3H6N2SSi/c1-6-3(7)5-2-4/h1,7H3. The van der Waals surface area contributed by atoms with E-state index in [1.165, 1.54) is 11.8 Å². The highest BCUT2D eigenvalue weighted by Crippen LogP contribution is 1.90. The Morgan fingerprint density at radius 2 is 2.57 bits per heavy atom. The highest BCUT2D eigenvalue weighted by molar-refractivity contribution is 8.16. The van der Waals surface area contributed by atoms with Gasteiger partial charge in [-0.25, -0.2) is 0 Å². The van der Waals surface area contributed by atoms with Gasteiger partial charge in [-0.15, -0.1) is 11.8 Å². The molecule has 0 aliphatic heterocycles. The van der Waals surface area contributed by atoms with E-state index in [9.17, 15) is 0 Å². The van der Waals surface area contributed by atoms with Gasteiger partial charge in [0.25, 0.3) is 0 Å². The molecule has 4 heteroatoms. The maximum atomic E-state index is 7.94. The van der Waals surface area contributed by atoms with Crippen molar-refractivity contribution in [2.45, 2.75) is 0 Å². The zero-order valence-electron chi connectivity index (χ0n) is 4.30. The van der Waals surface area contributed by atoms with Gasteiger partial charge in [-0.1, -0.05) is 0 Å². The van der Waals surface area contributed by atoms with Crippen molar-refractivity contribution in [1.82, 2.24) is 0 Å². The van der Waals surface area contributed by atoms with Crippen molar-refractivity contribution in [2.24, 2.45) is 4.99 Å². The zero-order valence-corrected chi connectivity index (χ0v) is 7.12. The lowest BCUT2D eigenvalue weighted by molar-refractivity contribution is 1.45. The summed E-state index contributed by atoms with van der Waals surface area (Å²) in [6.45, 7) is 0. The van der Waals surface area contributed by atoms with Crippen molar-refractivity contribution in [1.29, 1.82) is 5.26 Å². The fourth-order valence-electron chi connectivity index (χ4n) is 0.116. The third kappa shape index (κ3) is 3.56. The third-order valence-electron chi connectivity index (χ3n) is 0.503. The Morgan fingerprint density at radius 1 is 2.00 bits per heavy atom. The van der Waals surface area contributed by atoms with E-state index in [1.807, 2.05) is 6.26 Å². The van der Waals surface area contributed by atoms with Crippen molar-refractivity contribution < 1.29 is 0 Å². The molecule has 0 radical (unpaired) electrons. The largest absolute Gasteiger partial charge is 0.205 e. The van der Waals surface area contributed by atoms with Crippen LogP contribution in [0.2, 0.25) is 0 Å². The molecule has 7 heavy (non-hydrogen) atoms. The fraction of sp³-hybridized carbons (Fsp3) is 0.333. The van der Waals surface area contributed by atoms with Crippen molar-refractivity contribution in [3.8, 4) is 6.19 Å². The second kappa shape index (κ2) is 3.90. The van der Waals surface area contributed by atoms with E-state index in [-0.39, 0.29) is 0 Å². The van der Waals surface area contributed by atoms with Crippen LogP contribution in [0.3, 0.4) is 0 Å². The molecule has 0 atom stereocenters. The van der Waals surface area contributed by atoms with Crippen molar-refractivity contribution in [3.05, 3.63) is 0 Å². The minimum absolute atomic E-state index is 0.890. The summed E-state index contributed by atoms with van der Waals surface area (Å²) in [5, 5.41) is 7.94. The van der Waals surface area contributed by atoms with Crippen LogP contribution in [0.4, 0.5) is 0 Å². The number of nitriles is 1. The van der Waals surface area contributed by atoms with Gasteiger partial charge in [-0.2, -0.15) is 10.3 Å². The summed E-state index contributed by atoms with van der Waals surface area (Å²) in [6.07, 6.45) is 3.64. The molecule has 0 aliphatic rings. The number of rotatable bonds is 0. The molecule has 0 heterocycles. The van der Waals surface area contributed by atoms with Gasteiger partial charge in [0.2, 0.25) is 6.19 Å². The smallest absolute Gasteiger partial charge is 0.178 e. The lowest BCUT2D eigenvalue weighted by atomic mass is 11.3. The molecule has 0 bridgehead atoms. The lowest BCUT2D eigenvalue weighted by Crippen LogP contribution is -1.84. The predicted molar refractivity (Wildman–Crippen MR) is 36.5 cm³/mol. The lowest BCUT2D eigenvalue weighted by Gasteiger charge is -1.81. The van der Waals surface area contributed by atoms with Crippen molar-refractivity contribution in [2.75, 3.05) is 6.26 Å².